The number of rotatable bonds is 3. The lowest BCUT2D eigenvalue weighted by Gasteiger charge is -2.10. The smallest absolute Gasteiger partial charge is 0.355 e. The third-order valence-electron chi connectivity index (χ3n) is 2.06. The molecule has 0 radical (unpaired) electrons. The van der Waals surface area contributed by atoms with Gasteiger partial charge in [-0.2, -0.15) is 13.2 Å². The van der Waals surface area contributed by atoms with Crippen LogP contribution in [-0.4, -0.2) is 31.1 Å². The summed E-state index contributed by atoms with van der Waals surface area (Å²) in [5.74, 6) is -1.28. The van der Waals surface area contributed by atoms with E-state index in [4.69, 9.17) is 0 Å². The van der Waals surface area contributed by atoms with E-state index in [0.717, 1.165) is 0 Å². The maximum Gasteiger partial charge on any atom is 0.390 e. The molecule has 7 heteroatoms. The van der Waals surface area contributed by atoms with Crippen molar-refractivity contribution in [3.05, 3.63) is 0 Å². The van der Waals surface area contributed by atoms with Gasteiger partial charge in [-0.15, -0.1) is 0 Å². The zero-order valence-corrected chi connectivity index (χ0v) is 7.86. The van der Waals surface area contributed by atoms with Gasteiger partial charge in [-0.25, -0.2) is 0 Å². The molecule has 2 N–H and O–H groups in total. The normalized spacial score (nSPS) is 21.3. The van der Waals surface area contributed by atoms with Crippen molar-refractivity contribution < 1.29 is 22.8 Å². The second-order valence-corrected chi connectivity index (χ2v) is 3.36. The van der Waals surface area contributed by atoms with E-state index in [0.29, 0.717) is 0 Å². The lowest BCUT2D eigenvalue weighted by molar-refractivity contribution is -0.136. The molecule has 15 heavy (non-hydrogen) atoms. The van der Waals surface area contributed by atoms with Crippen LogP contribution in [0.3, 0.4) is 0 Å². The largest absolute Gasteiger partial charge is 0.390 e. The molecule has 1 aliphatic rings. The van der Waals surface area contributed by atoms with Gasteiger partial charge in [-0.05, 0) is 0 Å². The summed E-state index contributed by atoms with van der Waals surface area (Å²) in [6, 6.07) is 0. The van der Waals surface area contributed by atoms with Gasteiger partial charge in [0.05, 0.1) is 12.3 Å². The summed E-state index contributed by atoms with van der Waals surface area (Å²) in [5, 5.41) is 4.59. The number of carbonyl (C=O) groups is 2. The van der Waals surface area contributed by atoms with Crippen molar-refractivity contribution >= 4 is 11.8 Å². The van der Waals surface area contributed by atoms with Gasteiger partial charge in [0.1, 0.15) is 0 Å². The minimum absolute atomic E-state index is 0.0534. The summed E-state index contributed by atoms with van der Waals surface area (Å²) in [6.07, 6.45) is -5.26. The summed E-state index contributed by atoms with van der Waals surface area (Å²) in [5.41, 5.74) is 0. The molecule has 86 valence electrons. The number of hydrogen-bond donors (Lipinski definition) is 2. The van der Waals surface area contributed by atoms with E-state index < -0.39 is 31.0 Å². The van der Waals surface area contributed by atoms with Crippen LogP contribution in [0.5, 0.6) is 0 Å². The highest BCUT2D eigenvalue weighted by Crippen LogP contribution is 2.18. The van der Waals surface area contributed by atoms with Crippen LogP contribution in [0, 0.1) is 5.92 Å². The van der Waals surface area contributed by atoms with Crippen molar-refractivity contribution in [3.8, 4) is 0 Å². The Hall–Kier alpha value is -1.27. The van der Waals surface area contributed by atoms with Crippen LogP contribution in [0.1, 0.15) is 12.8 Å². The molecule has 4 nitrogen and oxygen atoms in total. The molecule has 0 spiro atoms. The second kappa shape index (κ2) is 4.50. The van der Waals surface area contributed by atoms with Crippen molar-refractivity contribution in [2.45, 2.75) is 19.0 Å². The first-order chi connectivity index (χ1) is 6.88. The quantitative estimate of drug-likeness (QED) is 0.719. The predicted octanol–water partition coefficient (Wildman–Crippen LogP) is 0.191. The molecular formula is C8H11F3N2O2. The van der Waals surface area contributed by atoms with Gasteiger partial charge in [0.25, 0.3) is 0 Å². The predicted molar refractivity (Wildman–Crippen MR) is 44.8 cm³/mol. The van der Waals surface area contributed by atoms with Crippen molar-refractivity contribution in [1.29, 1.82) is 0 Å². The third-order valence-corrected chi connectivity index (χ3v) is 2.06. The second-order valence-electron chi connectivity index (χ2n) is 3.36. The fourth-order valence-corrected chi connectivity index (χ4v) is 1.26. The highest BCUT2D eigenvalue weighted by molar-refractivity contribution is 5.89. The first-order valence-electron chi connectivity index (χ1n) is 4.49. The number of alkyl halides is 3. The number of halogens is 3. The first-order valence-corrected chi connectivity index (χ1v) is 4.49. The molecule has 1 atom stereocenters. The number of amides is 2. The fourth-order valence-electron chi connectivity index (χ4n) is 1.26. The molecule has 0 aromatic carbocycles. The van der Waals surface area contributed by atoms with Crippen LogP contribution in [-0.2, 0) is 9.59 Å². The Morgan fingerprint density at radius 3 is 2.67 bits per heavy atom. The van der Waals surface area contributed by atoms with Crippen LogP contribution < -0.4 is 10.6 Å². The topological polar surface area (TPSA) is 58.2 Å². The molecule has 1 saturated heterocycles. The van der Waals surface area contributed by atoms with Crippen LogP contribution in [0.2, 0.25) is 0 Å². The van der Waals surface area contributed by atoms with Gasteiger partial charge < -0.3 is 10.6 Å². The molecule has 1 fully saturated rings. The van der Waals surface area contributed by atoms with Gasteiger partial charge in [-0.3, -0.25) is 9.59 Å². The van der Waals surface area contributed by atoms with E-state index in [1.165, 1.54) is 0 Å². The highest BCUT2D eigenvalue weighted by Gasteiger charge is 2.30. The number of nitrogens with one attached hydrogen (secondary N) is 2. The van der Waals surface area contributed by atoms with Gasteiger partial charge in [-0.1, -0.05) is 0 Å². The molecule has 0 aromatic heterocycles. The molecule has 1 unspecified atom stereocenters. The first kappa shape index (κ1) is 11.8. The molecule has 1 heterocycles. The maximum absolute atomic E-state index is 11.7. The number of carbonyl (C=O) groups excluding carboxylic acids is 2. The molecule has 0 saturated carbocycles. The maximum atomic E-state index is 11.7. The SMILES string of the molecule is O=C1CC(C(=O)NCCC(F)(F)F)CN1. The van der Waals surface area contributed by atoms with Crippen molar-refractivity contribution in [3.63, 3.8) is 0 Å². The number of hydrogen-bond acceptors (Lipinski definition) is 2. The van der Waals surface area contributed by atoms with Gasteiger partial charge in [0.2, 0.25) is 11.8 Å². The molecule has 1 aliphatic heterocycles. The van der Waals surface area contributed by atoms with E-state index >= 15 is 0 Å². The summed E-state index contributed by atoms with van der Waals surface area (Å²) in [7, 11) is 0. The minimum Gasteiger partial charge on any atom is -0.355 e. The summed E-state index contributed by atoms with van der Waals surface area (Å²) < 4.78 is 35.2. The fraction of sp³-hybridized carbons (Fsp3) is 0.750. The molecular weight excluding hydrogens is 213 g/mol. The summed E-state index contributed by atoms with van der Waals surface area (Å²) >= 11 is 0. The Kier molecular flexibility index (Phi) is 3.54. The molecule has 0 aromatic rings. The van der Waals surface area contributed by atoms with E-state index in [-0.39, 0.29) is 18.9 Å². The molecule has 0 bridgehead atoms. The zero-order valence-electron chi connectivity index (χ0n) is 7.86. The van der Waals surface area contributed by atoms with E-state index in [9.17, 15) is 22.8 Å². The summed E-state index contributed by atoms with van der Waals surface area (Å²) in [4.78, 5) is 21.9. The van der Waals surface area contributed by atoms with Crippen LogP contribution in [0.15, 0.2) is 0 Å². The standard InChI is InChI=1S/C8H11F3N2O2/c9-8(10,11)1-2-12-7(15)5-3-6(14)13-4-5/h5H,1-4H2,(H,12,15)(H,13,14). The van der Waals surface area contributed by atoms with Crippen molar-refractivity contribution in [2.75, 3.05) is 13.1 Å². The highest BCUT2D eigenvalue weighted by atomic mass is 19.4. The van der Waals surface area contributed by atoms with Crippen LogP contribution in [0.25, 0.3) is 0 Å². The monoisotopic (exact) mass is 224 g/mol. The average Bonchev–Trinajstić information content (AvgIpc) is 2.49. The lowest BCUT2D eigenvalue weighted by atomic mass is 10.1. The van der Waals surface area contributed by atoms with E-state index in [2.05, 4.69) is 10.6 Å². The Labute approximate surface area is 84.2 Å². The minimum atomic E-state index is -4.27. The van der Waals surface area contributed by atoms with Gasteiger partial charge in [0, 0.05) is 19.5 Å². The molecule has 0 aliphatic carbocycles. The third kappa shape index (κ3) is 4.18. The van der Waals surface area contributed by atoms with E-state index in [1.54, 1.807) is 0 Å². The Morgan fingerprint density at radius 1 is 1.53 bits per heavy atom. The van der Waals surface area contributed by atoms with Gasteiger partial charge in [0.15, 0.2) is 0 Å². The molecule has 2 amide bonds. The average molecular weight is 224 g/mol. The Bertz CT molecular complexity index is 265. The van der Waals surface area contributed by atoms with Crippen LogP contribution >= 0.6 is 0 Å². The molecule has 1 rings (SSSR count). The van der Waals surface area contributed by atoms with Crippen LogP contribution in [0.4, 0.5) is 13.2 Å². The zero-order chi connectivity index (χ0) is 11.5. The lowest BCUT2D eigenvalue weighted by Crippen LogP contribution is -2.34. The summed E-state index contributed by atoms with van der Waals surface area (Å²) in [6.45, 7) is -0.232. The van der Waals surface area contributed by atoms with Crippen molar-refractivity contribution in [2.24, 2.45) is 5.92 Å². The Balaban J connectivity index is 2.22. The van der Waals surface area contributed by atoms with E-state index in [1.807, 2.05) is 0 Å². The van der Waals surface area contributed by atoms with Crippen molar-refractivity contribution in [1.82, 2.24) is 10.6 Å². The van der Waals surface area contributed by atoms with Gasteiger partial charge >= 0.3 is 6.18 Å². The Morgan fingerprint density at radius 2 is 2.20 bits per heavy atom.